The van der Waals surface area contributed by atoms with Crippen LogP contribution in [0, 0.1) is 6.92 Å². The first-order valence-corrected chi connectivity index (χ1v) is 5.99. The third-order valence-electron chi connectivity index (χ3n) is 3.34. The Kier molecular flexibility index (Phi) is 2.77. The molecular formula is C12H14N4O4. The number of nitrogens with two attached hydrogens (primary N) is 1. The van der Waals surface area contributed by atoms with Gasteiger partial charge in [0.25, 0.3) is 0 Å². The molecule has 0 bridgehead atoms. The average molecular weight is 278 g/mol. The van der Waals surface area contributed by atoms with Crippen molar-refractivity contribution in [3.63, 3.8) is 0 Å². The molecule has 106 valence electrons. The Morgan fingerprint density at radius 2 is 2.20 bits per heavy atom. The molecule has 5 N–H and O–H groups in total. The number of aryl methyl sites for hydroxylation is 1. The molecule has 2 atom stereocenters. The van der Waals surface area contributed by atoms with Gasteiger partial charge in [0.1, 0.15) is 24.4 Å². The number of fused-ring (bicyclic) bond motifs is 1. The van der Waals surface area contributed by atoms with E-state index in [-0.39, 0.29) is 11.5 Å². The van der Waals surface area contributed by atoms with E-state index in [1.165, 1.54) is 6.33 Å². The summed E-state index contributed by atoms with van der Waals surface area (Å²) in [6.07, 6.45) is 0.845. The Hall–Kier alpha value is -2.32. The van der Waals surface area contributed by atoms with E-state index in [1.807, 2.05) is 6.92 Å². The van der Waals surface area contributed by atoms with Gasteiger partial charge in [-0.05, 0) is 12.5 Å². The van der Waals surface area contributed by atoms with Gasteiger partial charge >= 0.3 is 0 Å². The molecule has 0 saturated heterocycles. The number of aliphatic hydroxyl groups is 3. The number of ether oxygens (including phenoxy) is 1. The minimum Gasteiger partial charge on any atom is -0.506 e. The summed E-state index contributed by atoms with van der Waals surface area (Å²) >= 11 is 0. The Morgan fingerprint density at radius 3 is 2.85 bits per heavy atom. The number of hydrogen-bond acceptors (Lipinski definition) is 7. The minimum atomic E-state index is -1.27. The zero-order valence-electron chi connectivity index (χ0n) is 10.7. The number of hydrogen-bond donors (Lipinski definition) is 4. The van der Waals surface area contributed by atoms with Crippen LogP contribution in [0.4, 0.5) is 5.82 Å². The van der Waals surface area contributed by atoms with Crippen molar-refractivity contribution in [2.24, 2.45) is 0 Å². The third kappa shape index (κ3) is 1.62. The molecule has 0 fully saturated rings. The summed E-state index contributed by atoms with van der Waals surface area (Å²) in [5, 5.41) is 29.4. The number of nitrogen functional groups attached to an aromatic ring is 1. The molecule has 0 aliphatic carbocycles. The highest BCUT2D eigenvalue weighted by Gasteiger charge is 2.37. The quantitative estimate of drug-likeness (QED) is 0.607. The van der Waals surface area contributed by atoms with Crippen LogP contribution in [-0.4, -0.2) is 42.6 Å². The minimum absolute atomic E-state index is 0.0518. The van der Waals surface area contributed by atoms with Gasteiger partial charge in [-0.3, -0.25) is 4.57 Å². The highest BCUT2D eigenvalue weighted by molar-refractivity contribution is 5.89. The molecule has 0 aromatic carbocycles. The molecule has 1 unspecified atom stereocenters. The first-order valence-electron chi connectivity index (χ1n) is 5.99. The summed E-state index contributed by atoms with van der Waals surface area (Å²) in [6, 6.07) is 0. The van der Waals surface area contributed by atoms with Crippen LogP contribution in [0.1, 0.15) is 11.8 Å². The maximum absolute atomic E-state index is 10.0. The van der Waals surface area contributed by atoms with Crippen LogP contribution in [0.5, 0.6) is 0 Å². The van der Waals surface area contributed by atoms with Gasteiger partial charge in [-0.15, -0.1) is 0 Å². The van der Waals surface area contributed by atoms with E-state index < -0.39 is 18.9 Å². The summed E-state index contributed by atoms with van der Waals surface area (Å²) in [7, 11) is 0. The Labute approximate surface area is 113 Å². The second-order valence-electron chi connectivity index (χ2n) is 4.60. The summed E-state index contributed by atoms with van der Waals surface area (Å²) in [5.74, 6) is -0.0960. The van der Waals surface area contributed by atoms with Crippen LogP contribution in [0.15, 0.2) is 24.0 Å². The van der Waals surface area contributed by atoms with Crippen molar-refractivity contribution in [3.8, 4) is 0 Å². The monoisotopic (exact) mass is 278 g/mol. The third-order valence-corrected chi connectivity index (χ3v) is 3.34. The van der Waals surface area contributed by atoms with Gasteiger partial charge in [-0.2, -0.15) is 0 Å². The van der Waals surface area contributed by atoms with E-state index in [0.717, 1.165) is 5.56 Å². The Bertz CT molecular complexity index is 709. The topological polar surface area (TPSA) is 127 Å². The number of nitrogens with zero attached hydrogens (tertiary/aromatic N) is 3. The first-order chi connectivity index (χ1) is 9.54. The second-order valence-corrected chi connectivity index (χ2v) is 4.60. The van der Waals surface area contributed by atoms with Gasteiger partial charge in [0.15, 0.2) is 17.6 Å². The summed E-state index contributed by atoms with van der Waals surface area (Å²) < 4.78 is 6.94. The second kappa shape index (κ2) is 4.36. The number of anilines is 1. The van der Waals surface area contributed by atoms with Crippen molar-refractivity contribution in [1.82, 2.24) is 14.5 Å². The molecule has 1 aliphatic heterocycles. The van der Waals surface area contributed by atoms with Crippen LogP contribution in [-0.2, 0) is 4.74 Å². The molecule has 0 radical (unpaired) electrons. The lowest BCUT2D eigenvalue weighted by atomic mass is 10.2. The van der Waals surface area contributed by atoms with Crippen molar-refractivity contribution >= 4 is 16.9 Å². The average Bonchev–Trinajstić information content (AvgIpc) is 2.90. The molecule has 0 saturated carbocycles. The van der Waals surface area contributed by atoms with E-state index in [9.17, 15) is 10.2 Å². The van der Waals surface area contributed by atoms with Gasteiger partial charge in [0.05, 0.1) is 5.39 Å². The summed E-state index contributed by atoms with van der Waals surface area (Å²) in [6.45, 7) is 1.34. The highest BCUT2D eigenvalue weighted by atomic mass is 16.5. The van der Waals surface area contributed by atoms with Crippen LogP contribution in [0.3, 0.4) is 0 Å². The van der Waals surface area contributed by atoms with Gasteiger partial charge in [0, 0.05) is 6.20 Å². The molecule has 1 aliphatic rings. The van der Waals surface area contributed by atoms with Crippen molar-refractivity contribution in [3.05, 3.63) is 29.6 Å². The van der Waals surface area contributed by atoms with Gasteiger partial charge in [-0.1, -0.05) is 0 Å². The van der Waals surface area contributed by atoms with E-state index in [2.05, 4.69) is 9.97 Å². The van der Waals surface area contributed by atoms with Crippen LogP contribution in [0.25, 0.3) is 11.0 Å². The van der Waals surface area contributed by atoms with Crippen molar-refractivity contribution in [1.29, 1.82) is 0 Å². The molecule has 8 nitrogen and oxygen atoms in total. The largest absolute Gasteiger partial charge is 0.506 e. The molecule has 2 aromatic heterocycles. The summed E-state index contributed by atoms with van der Waals surface area (Å²) in [5.41, 5.74) is 7.13. The van der Waals surface area contributed by atoms with Gasteiger partial charge in [-0.25, -0.2) is 9.97 Å². The lowest BCUT2D eigenvalue weighted by molar-refractivity contribution is -0.0117. The van der Waals surface area contributed by atoms with Crippen LogP contribution < -0.4 is 5.73 Å². The zero-order chi connectivity index (χ0) is 14.4. The van der Waals surface area contributed by atoms with Crippen molar-refractivity contribution < 1.29 is 20.1 Å². The van der Waals surface area contributed by atoms with Crippen molar-refractivity contribution in [2.75, 3.05) is 12.3 Å². The molecule has 0 spiro atoms. The van der Waals surface area contributed by atoms with Crippen LogP contribution in [0.2, 0.25) is 0 Å². The number of rotatable bonds is 2. The predicted octanol–water partition coefficient (Wildman–Crippen LogP) is -0.0265. The van der Waals surface area contributed by atoms with E-state index in [1.54, 1.807) is 10.8 Å². The molecule has 3 rings (SSSR count). The molecule has 8 heteroatoms. The first kappa shape index (κ1) is 12.7. The highest BCUT2D eigenvalue weighted by Crippen LogP contribution is 2.35. The van der Waals surface area contributed by atoms with E-state index in [4.69, 9.17) is 15.6 Å². The lowest BCUT2D eigenvalue weighted by Gasteiger charge is -2.17. The smallest absolute Gasteiger partial charge is 0.210 e. The Balaban J connectivity index is 2.12. The SMILES string of the molecule is Cc1cn([C@@H]2OC(CO)=C(O)C2O)c2ncnc(N)c12. The van der Waals surface area contributed by atoms with E-state index >= 15 is 0 Å². The maximum Gasteiger partial charge on any atom is 0.210 e. The molecule has 3 heterocycles. The fourth-order valence-electron chi connectivity index (χ4n) is 2.39. The molecular weight excluding hydrogens is 264 g/mol. The van der Waals surface area contributed by atoms with Gasteiger partial charge in [0.2, 0.25) is 6.23 Å². The fraction of sp³-hybridized carbons (Fsp3) is 0.333. The predicted molar refractivity (Wildman–Crippen MR) is 69.5 cm³/mol. The lowest BCUT2D eigenvalue weighted by Crippen LogP contribution is -2.22. The summed E-state index contributed by atoms with van der Waals surface area (Å²) in [4.78, 5) is 8.06. The van der Waals surface area contributed by atoms with Crippen molar-refractivity contribution in [2.45, 2.75) is 19.3 Å². The van der Waals surface area contributed by atoms with E-state index in [0.29, 0.717) is 16.9 Å². The zero-order valence-corrected chi connectivity index (χ0v) is 10.7. The molecule has 0 amide bonds. The molecule has 2 aromatic rings. The normalized spacial score (nSPS) is 22.6. The number of aromatic nitrogens is 3. The van der Waals surface area contributed by atoms with Gasteiger partial charge < -0.3 is 25.8 Å². The number of aliphatic hydroxyl groups excluding tert-OH is 3. The standard InChI is InChI=1S/C12H14N4O4/c1-5-2-16(11-7(5)10(13)14-4-15-11)12-9(19)8(18)6(3-17)20-12/h2,4,9,12,17-19H,3H2,1H3,(H2,13,14,15)/t9?,12-/m1/s1. The molecule has 20 heavy (non-hydrogen) atoms. The fourth-order valence-corrected chi connectivity index (χ4v) is 2.39. The van der Waals surface area contributed by atoms with Crippen LogP contribution >= 0.6 is 0 Å². The Morgan fingerprint density at radius 1 is 1.45 bits per heavy atom. The maximum atomic E-state index is 10.0.